The maximum Gasteiger partial charge on any atom is 0.255 e. The summed E-state index contributed by atoms with van der Waals surface area (Å²) in [6, 6.07) is 32.6. The molecule has 4 aromatic rings. The molecule has 0 unspecified atom stereocenters. The highest BCUT2D eigenvalue weighted by Crippen LogP contribution is 2.38. The van der Waals surface area contributed by atoms with Crippen LogP contribution in [0.15, 0.2) is 103 Å². The first-order valence-electron chi connectivity index (χ1n) is 12.5. The Bertz CT molecular complexity index is 1360. The van der Waals surface area contributed by atoms with Crippen molar-refractivity contribution in [1.29, 1.82) is 0 Å². The number of fused-ring (bicyclic) bond motifs is 1. The molecule has 0 fully saturated rings. The number of amides is 1. The molecule has 1 heterocycles. The van der Waals surface area contributed by atoms with Gasteiger partial charge in [0.15, 0.2) is 5.78 Å². The van der Waals surface area contributed by atoms with E-state index in [1.54, 1.807) is 29.2 Å². The standard InChI is InChI=1S/C32H29NO4/c1-22(34)27-14-8-9-15-28(27)32(36)33-18-19-37-29-17-16-25(20-26(29)21-33)31(35)30(23-10-4-2-5-11-23)24-12-6-3-7-13-24/h2-17,20,30-31,35H,18-19,21H2,1H3/t31-/m1/s1. The van der Waals surface area contributed by atoms with Gasteiger partial charge in [-0.2, -0.15) is 0 Å². The number of aliphatic hydroxyl groups excluding tert-OH is 1. The lowest BCUT2D eigenvalue weighted by atomic mass is 9.83. The molecule has 0 aromatic heterocycles. The molecule has 1 N–H and O–H groups in total. The molecule has 0 aliphatic carbocycles. The molecule has 1 atom stereocenters. The normalized spacial score (nSPS) is 13.9. The molecule has 0 saturated carbocycles. The van der Waals surface area contributed by atoms with E-state index in [4.69, 9.17) is 4.74 Å². The van der Waals surface area contributed by atoms with Crippen molar-refractivity contribution < 1.29 is 19.4 Å². The fraction of sp³-hybridized carbons (Fsp3) is 0.188. The maximum atomic E-state index is 13.5. The Kier molecular flexibility index (Phi) is 7.15. The van der Waals surface area contributed by atoms with E-state index >= 15 is 0 Å². The number of carbonyl (C=O) groups excluding carboxylic acids is 2. The molecule has 0 radical (unpaired) electrons. The molecule has 5 rings (SSSR count). The zero-order valence-corrected chi connectivity index (χ0v) is 20.7. The number of ether oxygens (including phenoxy) is 1. The second-order valence-electron chi connectivity index (χ2n) is 9.29. The Morgan fingerprint density at radius 3 is 2.00 bits per heavy atom. The van der Waals surface area contributed by atoms with E-state index < -0.39 is 6.10 Å². The Balaban J connectivity index is 1.47. The van der Waals surface area contributed by atoms with Crippen molar-refractivity contribution in [3.63, 3.8) is 0 Å². The SMILES string of the molecule is CC(=O)c1ccccc1C(=O)N1CCOc2ccc([C@@H](O)C(c3ccccc3)c3ccccc3)cc2C1. The van der Waals surface area contributed by atoms with Gasteiger partial charge in [0.05, 0.1) is 18.2 Å². The van der Waals surface area contributed by atoms with E-state index in [0.717, 1.165) is 22.3 Å². The molecule has 1 aliphatic rings. The number of hydrogen-bond acceptors (Lipinski definition) is 4. The van der Waals surface area contributed by atoms with Crippen LogP contribution >= 0.6 is 0 Å². The van der Waals surface area contributed by atoms with Crippen molar-refractivity contribution in [2.45, 2.75) is 25.5 Å². The van der Waals surface area contributed by atoms with Crippen LogP contribution < -0.4 is 4.74 Å². The lowest BCUT2D eigenvalue weighted by molar-refractivity contribution is 0.0729. The predicted molar refractivity (Wildman–Crippen MR) is 143 cm³/mol. The first kappa shape index (κ1) is 24.5. The van der Waals surface area contributed by atoms with Crippen LogP contribution in [0, 0.1) is 0 Å². The topological polar surface area (TPSA) is 66.8 Å². The molecule has 0 bridgehead atoms. The largest absolute Gasteiger partial charge is 0.491 e. The number of hydrogen-bond donors (Lipinski definition) is 1. The van der Waals surface area contributed by atoms with Crippen molar-refractivity contribution in [2.75, 3.05) is 13.2 Å². The number of benzene rings is 4. The highest BCUT2D eigenvalue weighted by molar-refractivity contribution is 6.07. The van der Waals surface area contributed by atoms with E-state index in [1.165, 1.54) is 6.92 Å². The quantitative estimate of drug-likeness (QED) is 0.347. The highest BCUT2D eigenvalue weighted by atomic mass is 16.5. The van der Waals surface area contributed by atoms with Gasteiger partial charge in [-0.05, 0) is 41.8 Å². The van der Waals surface area contributed by atoms with E-state index in [9.17, 15) is 14.7 Å². The van der Waals surface area contributed by atoms with Gasteiger partial charge in [-0.15, -0.1) is 0 Å². The van der Waals surface area contributed by atoms with Crippen LogP contribution in [0.4, 0.5) is 0 Å². The van der Waals surface area contributed by atoms with Crippen LogP contribution in [-0.2, 0) is 6.54 Å². The molecule has 5 heteroatoms. The molecule has 0 saturated heterocycles. The van der Waals surface area contributed by atoms with E-state index in [0.29, 0.717) is 36.6 Å². The Morgan fingerprint density at radius 2 is 1.38 bits per heavy atom. The van der Waals surface area contributed by atoms with Crippen LogP contribution in [0.2, 0.25) is 0 Å². The monoisotopic (exact) mass is 491 g/mol. The number of Topliss-reactive ketones (excluding diaryl/α,β-unsaturated/α-hetero) is 1. The number of rotatable bonds is 6. The first-order chi connectivity index (χ1) is 18.0. The second kappa shape index (κ2) is 10.8. The van der Waals surface area contributed by atoms with Gasteiger partial charge in [-0.25, -0.2) is 0 Å². The lowest BCUT2D eigenvalue weighted by Gasteiger charge is -2.25. The summed E-state index contributed by atoms with van der Waals surface area (Å²) >= 11 is 0. The number of carbonyl (C=O) groups is 2. The third-order valence-corrected chi connectivity index (χ3v) is 6.86. The van der Waals surface area contributed by atoms with Crippen molar-refractivity contribution in [1.82, 2.24) is 4.90 Å². The van der Waals surface area contributed by atoms with E-state index in [1.807, 2.05) is 78.9 Å². The van der Waals surface area contributed by atoms with Crippen molar-refractivity contribution in [3.05, 3.63) is 137 Å². The lowest BCUT2D eigenvalue weighted by Crippen LogP contribution is -2.33. The summed E-state index contributed by atoms with van der Waals surface area (Å²) in [6.07, 6.45) is -0.805. The average molecular weight is 492 g/mol. The van der Waals surface area contributed by atoms with Gasteiger partial charge in [0.2, 0.25) is 0 Å². The van der Waals surface area contributed by atoms with Gasteiger partial charge in [-0.1, -0.05) is 84.9 Å². The van der Waals surface area contributed by atoms with Crippen LogP contribution in [0.25, 0.3) is 0 Å². The highest BCUT2D eigenvalue weighted by Gasteiger charge is 2.28. The van der Waals surface area contributed by atoms with Gasteiger partial charge < -0.3 is 14.7 Å². The number of aliphatic hydroxyl groups is 1. The van der Waals surface area contributed by atoms with Crippen molar-refractivity contribution >= 4 is 11.7 Å². The summed E-state index contributed by atoms with van der Waals surface area (Å²) in [5, 5.41) is 11.7. The molecule has 1 amide bonds. The van der Waals surface area contributed by atoms with Crippen molar-refractivity contribution in [2.24, 2.45) is 0 Å². The molecule has 5 nitrogen and oxygen atoms in total. The van der Waals surface area contributed by atoms with E-state index in [-0.39, 0.29) is 17.6 Å². The third-order valence-electron chi connectivity index (χ3n) is 6.86. The summed E-state index contributed by atoms with van der Waals surface area (Å²) in [6.45, 7) is 2.53. The van der Waals surface area contributed by atoms with Gasteiger partial charge in [0.25, 0.3) is 5.91 Å². The maximum absolute atomic E-state index is 13.5. The molecule has 186 valence electrons. The van der Waals surface area contributed by atoms with E-state index in [2.05, 4.69) is 0 Å². The minimum Gasteiger partial charge on any atom is -0.491 e. The third kappa shape index (κ3) is 5.18. The summed E-state index contributed by atoms with van der Waals surface area (Å²) in [4.78, 5) is 27.3. The summed E-state index contributed by atoms with van der Waals surface area (Å²) in [7, 11) is 0. The second-order valence-corrected chi connectivity index (χ2v) is 9.29. The molecule has 37 heavy (non-hydrogen) atoms. The van der Waals surface area contributed by atoms with Crippen LogP contribution in [-0.4, -0.2) is 34.8 Å². The number of nitrogens with zero attached hydrogens (tertiary/aromatic N) is 1. The molecule has 0 spiro atoms. The Hall–Kier alpha value is -4.22. The molecular formula is C32H29NO4. The molecular weight excluding hydrogens is 462 g/mol. The molecule has 4 aromatic carbocycles. The zero-order valence-electron chi connectivity index (χ0n) is 20.7. The molecule has 1 aliphatic heterocycles. The zero-order chi connectivity index (χ0) is 25.8. The number of ketones is 1. The van der Waals surface area contributed by atoms with Crippen LogP contribution in [0.5, 0.6) is 5.75 Å². The summed E-state index contributed by atoms with van der Waals surface area (Å²) < 4.78 is 5.96. The van der Waals surface area contributed by atoms with Crippen LogP contribution in [0.3, 0.4) is 0 Å². The smallest absolute Gasteiger partial charge is 0.255 e. The fourth-order valence-electron chi connectivity index (χ4n) is 4.99. The fourth-order valence-corrected chi connectivity index (χ4v) is 4.99. The Labute approximate surface area is 217 Å². The minimum atomic E-state index is -0.805. The Morgan fingerprint density at radius 1 is 0.784 bits per heavy atom. The van der Waals surface area contributed by atoms with Crippen molar-refractivity contribution in [3.8, 4) is 5.75 Å². The van der Waals surface area contributed by atoms with Gasteiger partial charge in [0, 0.05) is 23.6 Å². The predicted octanol–water partition coefficient (Wildman–Crippen LogP) is 5.79. The average Bonchev–Trinajstić information content (AvgIpc) is 3.16. The van der Waals surface area contributed by atoms with Gasteiger partial charge in [-0.3, -0.25) is 9.59 Å². The summed E-state index contributed by atoms with van der Waals surface area (Å²) in [5.74, 6) is 0.0859. The minimum absolute atomic E-state index is 0.145. The summed E-state index contributed by atoms with van der Waals surface area (Å²) in [5.41, 5.74) is 4.41. The van der Waals surface area contributed by atoms with Crippen LogP contribution in [0.1, 0.15) is 61.9 Å². The van der Waals surface area contributed by atoms with Gasteiger partial charge >= 0.3 is 0 Å². The first-order valence-corrected chi connectivity index (χ1v) is 12.5. The van der Waals surface area contributed by atoms with Gasteiger partial charge in [0.1, 0.15) is 12.4 Å².